The van der Waals surface area contributed by atoms with Crippen molar-refractivity contribution in [1.82, 2.24) is 40.4 Å². The van der Waals surface area contributed by atoms with E-state index in [1.807, 2.05) is 6.07 Å². The predicted octanol–water partition coefficient (Wildman–Crippen LogP) is -1.33. The van der Waals surface area contributed by atoms with Gasteiger partial charge < -0.3 is 15.8 Å². The van der Waals surface area contributed by atoms with Gasteiger partial charge in [0, 0.05) is 0 Å². The van der Waals surface area contributed by atoms with E-state index in [2.05, 4.69) is 35.9 Å². The number of hydrogen-bond donors (Lipinski definition) is 2. The van der Waals surface area contributed by atoms with Crippen LogP contribution in [-0.2, 0) is 0 Å². The zero-order valence-corrected chi connectivity index (χ0v) is 9.42. The van der Waals surface area contributed by atoms with Crippen LogP contribution in [0.5, 0.6) is 0 Å². The molecule has 0 aliphatic rings. The zero-order valence-electron chi connectivity index (χ0n) is 9.42. The molecule has 3 N–H and O–H groups in total. The van der Waals surface area contributed by atoms with Crippen LogP contribution in [-0.4, -0.2) is 45.4 Å². The number of aromatic nitrogens is 8. The summed E-state index contributed by atoms with van der Waals surface area (Å²) in [6.45, 7) is 0. The van der Waals surface area contributed by atoms with Crippen LogP contribution in [0.3, 0.4) is 0 Å². The van der Waals surface area contributed by atoms with Crippen LogP contribution in [0.2, 0.25) is 0 Å². The van der Waals surface area contributed by atoms with Gasteiger partial charge in [0.05, 0.1) is 5.10 Å². The predicted molar refractivity (Wildman–Crippen MR) is 59.7 cm³/mol. The summed E-state index contributed by atoms with van der Waals surface area (Å²) in [5.74, 6) is -0.982. The molecule has 0 aromatic carbocycles. The van der Waals surface area contributed by atoms with Crippen LogP contribution < -0.4 is 5.73 Å². The van der Waals surface area contributed by atoms with Crippen molar-refractivity contribution in [3.8, 4) is 17.6 Å². The monoisotopic (exact) mass is 273 g/mol. The van der Waals surface area contributed by atoms with E-state index in [0.29, 0.717) is 0 Å². The zero-order chi connectivity index (χ0) is 14.3. The number of tetrazole rings is 1. The van der Waals surface area contributed by atoms with E-state index >= 15 is 0 Å². The third kappa shape index (κ3) is 1.42. The van der Waals surface area contributed by atoms with Crippen LogP contribution >= 0.6 is 0 Å². The molecule has 0 fully saturated rings. The van der Waals surface area contributed by atoms with Gasteiger partial charge in [0.1, 0.15) is 11.6 Å². The van der Waals surface area contributed by atoms with Crippen LogP contribution in [0.4, 0.5) is 11.6 Å². The number of nitriles is 1. The molecule has 0 unspecified atom stereocenters. The fourth-order valence-corrected chi connectivity index (χ4v) is 1.56. The first-order valence-electron chi connectivity index (χ1n) is 4.96. The van der Waals surface area contributed by atoms with E-state index in [1.165, 1.54) is 0 Å². The van der Waals surface area contributed by atoms with E-state index in [1.54, 1.807) is 0 Å². The summed E-state index contributed by atoms with van der Waals surface area (Å²) in [4.78, 5) is 9.93. The number of fused-ring (bicyclic) bond motifs is 1. The van der Waals surface area contributed by atoms with E-state index in [-0.39, 0.29) is 28.5 Å². The molecule has 0 saturated heterocycles. The molecule has 0 aliphatic carbocycles. The highest BCUT2D eigenvalue weighted by Gasteiger charge is 2.26. The first kappa shape index (κ1) is 11.4. The van der Waals surface area contributed by atoms with Crippen LogP contribution in [0.1, 0.15) is 5.56 Å². The van der Waals surface area contributed by atoms with Crippen LogP contribution in [0.15, 0.2) is 0 Å². The number of aromatic amines is 1. The minimum atomic E-state index is -0.802. The molecular weight excluding hydrogens is 270 g/mol. The topological polar surface area (TPSA) is 190 Å². The molecule has 13 heteroatoms. The third-order valence-corrected chi connectivity index (χ3v) is 2.40. The number of nitrogens with zero attached hydrogens (tertiary/aromatic N) is 9. The first-order valence-corrected chi connectivity index (χ1v) is 4.96. The van der Waals surface area contributed by atoms with Crippen molar-refractivity contribution >= 4 is 17.3 Å². The lowest BCUT2D eigenvalue weighted by Crippen LogP contribution is -2.07. The third-order valence-electron chi connectivity index (χ3n) is 2.40. The van der Waals surface area contributed by atoms with Crippen LogP contribution in [0.25, 0.3) is 17.2 Å². The number of anilines is 1. The van der Waals surface area contributed by atoms with Crippen molar-refractivity contribution in [3.05, 3.63) is 15.7 Å². The Morgan fingerprint density at radius 3 is 2.80 bits per heavy atom. The van der Waals surface area contributed by atoms with E-state index in [9.17, 15) is 10.1 Å². The summed E-state index contributed by atoms with van der Waals surface area (Å²) >= 11 is 0. The number of nitrogens with two attached hydrogens (primary N) is 1. The summed E-state index contributed by atoms with van der Waals surface area (Å²) in [5.41, 5.74) is 5.59. The molecule has 98 valence electrons. The molecule has 0 aliphatic heterocycles. The van der Waals surface area contributed by atoms with Crippen molar-refractivity contribution in [3.63, 3.8) is 0 Å². The molecule has 3 aromatic rings. The molecule has 0 amide bonds. The minimum Gasteiger partial charge on any atom is -0.376 e. The highest BCUT2D eigenvalue weighted by molar-refractivity contribution is 5.72. The fourth-order valence-electron chi connectivity index (χ4n) is 1.56. The summed E-state index contributed by atoms with van der Waals surface area (Å²) < 4.78 is 0.940. The lowest BCUT2D eigenvalue weighted by molar-refractivity contribution is -0.389. The Morgan fingerprint density at radius 1 is 1.40 bits per heavy atom. The fraction of sp³-hybridized carbons (Fsp3) is 0. The second-order valence-electron chi connectivity index (χ2n) is 3.47. The normalized spacial score (nSPS) is 10.6. The number of nitro groups is 1. The first-order chi connectivity index (χ1) is 9.63. The SMILES string of the molecule is N#Cc1c(-c2nn[nH]n2)nn2c(N)c([N+](=O)[O-])nnc12. The molecule has 20 heavy (non-hydrogen) atoms. The average molecular weight is 273 g/mol. The van der Waals surface area contributed by atoms with Crippen molar-refractivity contribution in [2.45, 2.75) is 0 Å². The Kier molecular flexibility index (Phi) is 2.23. The standard InChI is InChI=1S/C7H3N11O2/c8-1-2-3(5-10-15-16-11-5)14-17-4(9)7(18(19)20)13-12-6(2)17/h9H2,(H,10,11,15,16). The Hall–Kier alpha value is -3.69. The number of hydrogen-bond acceptors (Lipinski definition) is 10. The van der Waals surface area contributed by atoms with Gasteiger partial charge in [-0.05, 0) is 15.2 Å². The largest absolute Gasteiger partial charge is 0.433 e. The van der Waals surface area contributed by atoms with Crippen LogP contribution in [0, 0.1) is 21.4 Å². The van der Waals surface area contributed by atoms with Crippen molar-refractivity contribution in [2.24, 2.45) is 0 Å². The molecule has 3 rings (SSSR count). The van der Waals surface area contributed by atoms with Gasteiger partial charge in [0.15, 0.2) is 5.69 Å². The lowest BCUT2D eigenvalue weighted by atomic mass is 10.2. The summed E-state index contributed by atoms with van der Waals surface area (Å²) in [6, 6.07) is 1.85. The van der Waals surface area contributed by atoms with Gasteiger partial charge in [-0.25, -0.2) is 0 Å². The van der Waals surface area contributed by atoms with Gasteiger partial charge in [0.2, 0.25) is 17.3 Å². The Bertz CT molecular complexity index is 857. The number of rotatable bonds is 2. The molecule has 0 bridgehead atoms. The lowest BCUT2D eigenvalue weighted by Gasteiger charge is -1.96. The Balaban J connectivity index is 2.38. The van der Waals surface area contributed by atoms with Crippen molar-refractivity contribution in [2.75, 3.05) is 5.73 Å². The smallest absolute Gasteiger partial charge is 0.376 e. The van der Waals surface area contributed by atoms with Gasteiger partial charge in [-0.2, -0.15) is 20.1 Å². The number of H-pyrrole nitrogens is 1. The maximum atomic E-state index is 10.7. The molecule has 3 aromatic heterocycles. The van der Waals surface area contributed by atoms with E-state index in [0.717, 1.165) is 4.52 Å². The molecule has 0 atom stereocenters. The van der Waals surface area contributed by atoms with E-state index in [4.69, 9.17) is 11.0 Å². The molecule has 13 nitrogen and oxygen atoms in total. The second-order valence-corrected chi connectivity index (χ2v) is 3.47. The highest BCUT2D eigenvalue weighted by atomic mass is 16.6. The van der Waals surface area contributed by atoms with Gasteiger partial charge in [0.25, 0.3) is 0 Å². The second kappa shape index (κ2) is 3.91. The Morgan fingerprint density at radius 2 is 2.20 bits per heavy atom. The molecular formula is C7H3N11O2. The summed E-state index contributed by atoms with van der Waals surface area (Å²) in [5, 5.41) is 43.7. The highest BCUT2D eigenvalue weighted by Crippen LogP contribution is 2.25. The minimum absolute atomic E-state index is 0.0134. The van der Waals surface area contributed by atoms with Gasteiger partial charge >= 0.3 is 5.82 Å². The van der Waals surface area contributed by atoms with E-state index < -0.39 is 10.7 Å². The van der Waals surface area contributed by atoms with Gasteiger partial charge in [-0.15, -0.1) is 10.2 Å². The molecule has 0 spiro atoms. The number of nitrogen functional groups attached to an aromatic ring is 1. The van der Waals surface area contributed by atoms with Crippen molar-refractivity contribution in [1.29, 1.82) is 5.26 Å². The number of nitrogens with one attached hydrogen (secondary N) is 1. The quantitative estimate of drug-likeness (QED) is 0.417. The molecule has 0 saturated carbocycles. The molecule has 0 radical (unpaired) electrons. The van der Waals surface area contributed by atoms with Gasteiger partial charge in [-0.3, -0.25) is 0 Å². The maximum Gasteiger partial charge on any atom is 0.433 e. The Labute approximate surface area is 108 Å². The van der Waals surface area contributed by atoms with Crippen molar-refractivity contribution < 1.29 is 4.92 Å². The van der Waals surface area contributed by atoms with Gasteiger partial charge in [-0.1, -0.05) is 0 Å². The summed E-state index contributed by atoms with van der Waals surface area (Å²) in [6.07, 6.45) is 0. The summed E-state index contributed by atoms with van der Waals surface area (Å²) in [7, 11) is 0. The maximum absolute atomic E-state index is 10.7. The average Bonchev–Trinajstić information content (AvgIpc) is 3.05. The molecule has 3 heterocycles.